The number of anilines is 1. The van der Waals surface area contributed by atoms with Crippen molar-refractivity contribution in [3.05, 3.63) is 46.5 Å². The number of benzene rings is 1. The molecule has 1 N–H and O–H groups in total. The third-order valence-corrected chi connectivity index (χ3v) is 9.52. The number of epoxide rings is 1. The zero-order chi connectivity index (χ0) is 34.0. The Kier molecular flexibility index (Phi) is 11.1. The monoisotopic (exact) mass is 662 g/mol. The van der Waals surface area contributed by atoms with Crippen LogP contribution in [0.4, 0.5) is 10.5 Å². The van der Waals surface area contributed by atoms with Crippen molar-refractivity contribution >= 4 is 35.3 Å². The number of fused-ring (bicyclic) bond motifs is 5. The van der Waals surface area contributed by atoms with Crippen molar-refractivity contribution in [2.24, 2.45) is 11.8 Å². The van der Waals surface area contributed by atoms with Gasteiger partial charge in [0.1, 0.15) is 34.7 Å². The van der Waals surface area contributed by atoms with Gasteiger partial charge in [0.15, 0.2) is 5.72 Å². The molecule has 2 saturated heterocycles. The molecule has 0 radical (unpaired) electrons. The average molecular weight is 663 g/mol. The van der Waals surface area contributed by atoms with E-state index in [1.807, 2.05) is 65.0 Å². The predicted molar refractivity (Wildman–Crippen MR) is 173 cm³/mol. The Labute approximate surface area is 276 Å². The number of carbonyl (C=O) groups is 3. The number of amides is 2. The third-order valence-electron chi connectivity index (χ3n) is 9.14. The van der Waals surface area contributed by atoms with Crippen molar-refractivity contribution in [3.8, 4) is 5.75 Å². The van der Waals surface area contributed by atoms with Crippen LogP contribution < -0.4 is 15.0 Å². The summed E-state index contributed by atoms with van der Waals surface area (Å²) in [5.41, 5.74) is 0.0942. The Balaban J connectivity index is 1.81. The van der Waals surface area contributed by atoms with Gasteiger partial charge in [-0.15, -0.1) is 0 Å². The van der Waals surface area contributed by atoms with Crippen molar-refractivity contribution in [2.75, 3.05) is 33.3 Å². The minimum Gasteiger partial charge on any atom is -0.495 e. The quantitative estimate of drug-likeness (QED) is 0.316. The normalized spacial score (nSPS) is 33.7. The van der Waals surface area contributed by atoms with Gasteiger partial charge < -0.3 is 33.3 Å². The largest absolute Gasteiger partial charge is 0.495 e. The standard InChI is InChI=1S/C34H47ClN2O9/c1-19(2)13-29(39)45-27-17-28(38)37(6)23-15-22(16-24(41-7)30(23)35)14-20(3)11-10-12-26(42-8)34(43-9)18-25(44-32(40)36-34)21(4)31-33(27,5)46-31/h10-12,15-16,19,21,25-27,31H,13-14,17-18H2,1-9H3,(H,36,40)/b12-10-,20-11-/t21-,25+,26-,27+,31+,33+,34+/m1/s1. The number of carbonyl (C=O) groups excluding carboxylic acids is 3. The van der Waals surface area contributed by atoms with E-state index in [1.54, 1.807) is 14.2 Å². The van der Waals surface area contributed by atoms with Gasteiger partial charge in [-0.1, -0.05) is 56.2 Å². The number of esters is 1. The molecule has 4 rings (SSSR count). The molecule has 3 heterocycles. The lowest BCUT2D eigenvalue weighted by Crippen LogP contribution is -2.64. The maximum Gasteiger partial charge on any atom is 0.409 e. The van der Waals surface area contributed by atoms with E-state index >= 15 is 0 Å². The van der Waals surface area contributed by atoms with Crippen LogP contribution in [0.3, 0.4) is 0 Å². The maximum atomic E-state index is 13.9. The first-order valence-electron chi connectivity index (χ1n) is 15.6. The summed E-state index contributed by atoms with van der Waals surface area (Å²) in [4.78, 5) is 41.3. The fourth-order valence-electron chi connectivity index (χ4n) is 6.38. The summed E-state index contributed by atoms with van der Waals surface area (Å²) in [5, 5.41) is 3.12. The Hall–Kier alpha value is -3.12. The summed E-state index contributed by atoms with van der Waals surface area (Å²) in [6.45, 7) is 9.54. The second-order valence-electron chi connectivity index (χ2n) is 13.0. The van der Waals surface area contributed by atoms with E-state index in [-0.39, 0.29) is 42.0 Å². The van der Waals surface area contributed by atoms with Gasteiger partial charge in [0.25, 0.3) is 0 Å². The molecule has 1 aromatic carbocycles. The van der Waals surface area contributed by atoms with Crippen molar-refractivity contribution < 1.29 is 42.8 Å². The lowest BCUT2D eigenvalue weighted by molar-refractivity contribution is -0.161. The minimum atomic E-state index is -1.23. The minimum absolute atomic E-state index is 0.0578. The van der Waals surface area contributed by atoms with Gasteiger partial charge in [0, 0.05) is 40.0 Å². The molecular formula is C34H47ClN2O9. The van der Waals surface area contributed by atoms with Gasteiger partial charge in [-0.3, -0.25) is 14.9 Å². The first kappa shape index (κ1) is 35.7. The van der Waals surface area contributed by atoms with Crippen molar-refractivity contribution in [2.45, 2.75) is 96.0 Å². The molecule has 0 saturated carbocycles. The summed E-state index contributed by atoms with van der Waals surface area (Å²) >= 11 is 6.72. The number of ether oxygens (including phenoxy) is 6. The lowest BCUT2D eigenvalue weighted by atomic mass is 9.83. The fraction of sp³-hybridized carbons (Fsp3) is 0.618. The van der Waals surface area contributed by atoms with Gasteiger partial charge >= 0.3 is 12.1 Å². The van der Waals surface area contributed by atoms with E-state index in [1.165, 1.54) is 19.1 Å². The highest BCUT2D eigenvalue weighted by Gasteiger charge is 2.64. The number of hydrogen-bond acceptors (Lipinski definition) is 9. The van der Waals surface area contributed by atoms with Gasteiger partial charge in [0.05, 0.1) is 25.3 Å². The van der Waals surface area contributed by atoms with E-state index in [4.69, 9.17) is 40.0 Å². The molecule has 1 aromatic rings. The summed E-state index contributed by atoms with van der Waals surface area (Å²) in [6, 6.07) is 3.69. The van der Waals surface area contributed by atoms with Crippen LogP contribution in [0.25, 0.3) is 0 Å². The molecule has 12 heteroatoms. The predicted octanol–water partition coefficient (Wildman–Crippen LogP) is 5.37. The van der Waals surface area contributed by atoms with Crippen molar-refractivity contribution in [1.82, 2.24) is 5.32 Å². The Morgan fingerprint density at radius 3 is 2.57 bits per heavy atom. The van der Waals surface area contributed by atoms with Gasteiger partial charge in [-0.2, -0.15) is 0 Å². The highest BCUT2D eigenvalue weighted by Crippen LogP contribution is 2.49. The topological polar surface area (TPSA) is 125 Å². The molecule has 0 aliphatic carbocycles. The molecule has 7 atom stereocenters. The Bertz CT molecular complexity index is 1380. The molecule has 0 unspecified atom stereocenters. The van der Waals surface area contributed by atoms with Gasteiger partial charge in [0.2, 0.25) is 5.91 Å². The number of hydrogen-bond donors (Lipinski definition) is 1. The molecule has 3 aliphatic heterocycles. The third kappa shape index (κ3) is 7.54. The molecule has 4 bridgehead atoms. The van der Waals surface area contributed by atoms with Crippen LogP contribution in [0, 0.1) is 11.8 Å². The van der Waals surface area contributed by atoms with Crippen LogP contribution in [-0.4, -0.2) is 82.1 Å². The van der Waals surface area contributed by atoms with Crippen molar-refractivity contribution in [3.63, 3.8) is 0 Å². The second kappa shape index (κ2) is 14.3. The maximum absolute atomic E-state index is 13.9. The number of halogens is 1. The number of allylic oxidation sites excluding steroid dienone is 3. The molecule has 254 valence electrons. The molecule has 46 heavy (non-hydrogen) atoms. The smallest absolute Gasteiger partial charge is 0.409 e. The number of alkyl carbamates (subject to hydrolysis) is 1. The highest BCUT2D eigenvalue weighted by molar-refractivity contribution is 6.35. The Morgan fingerprint density at radius 2 is 1.93 bits per heavy atom. The molecular weight excluding hydrogens is 616 g/mol. The average Bonchev–Trinajstić information content (AvgIpc) is 3.70. The summed E-state index contributed by atoms with van der Waals surface area (Å²) in [6.07, 6.45) is 3.09. The highest BCUT2D eigenvalue weighted by atomic mass is 35.5. The van der Waals surface area contributed by atoms with E-state index < -0.39 is 47.8 Å². The molecule has 11 nitrogen and oxygen atoms in total. The Morgan fingerprint density at radius 1 is 1.22 bits per heavy atom. The molecule has 2 amide bonds. The van der Waals surface area contributed by atoms with Crippen LogP contribution in [0.15, 0.2) is 35.9 Å². The first-order chi connectivity index (χ1) is 21.7. The van der Waals surface area contributed by atoms with Crippen LogP contribution in [0.2, 0.25) is 5.02 Å². The van der Waals surface area contributed by atoms with Crippen LogP contribution >= 0.6 is 11.6 Å². The molecule has 2 fully saturated rings. The second-order valence-corrected chi connectivity index (χ2v) is 13.4. The van der Waals surface area contributed by atoms with E-state index in [0.29, 0.717) is 17.9 Å². The van der Waals surface area contributed by atoms with E-state index in [0.717, 1.165) is 11.1 Å². The molecule has 0 aromatic heterocycles. The van der Waals surface area contributed by atoms with E-state index in [2.05, 4.69) is 5.32 Å². The van der Waals surface area contributed by atoms with Crippen molar-refractivity contribution in [1.29, 1.82) is 0 Å². The lowest BCUT2D eigenvalue weighted by Gasteiger charge is -2.44. The molecule has 3 aliphatic rings. The number of nitrogens with one attached hydrogen (secondary N) is 1. The van der Waals surface area contributed by atoms with Gasteiger partial charge in [-0.25, -0.2) is 4.79 Å². The summed E-state index contributed by atoms with van der Waals surface area (Å²) < 4.78 is 35.3. The number of rotatable bonds is 6. The SMILES string of the molecule is COc1cc2cc(c1Cl)N(C)C(=O)C[C@H](OC(=O)CC(C)C)[C@]1(C)O[C@H]1[C@H](C)[C@@H]1C[C@@](OC)(NC(=O)O1)[C@H](OC)/C=C\C=C(\C)C2. The van der Waals surface area contributed by atoms with Crippen LogP contribution in [0.5, 0.6) is 5.75 Å². The van der Waals surface area contributed by atoms with Gasteiger partial charge in [-0.05, 0) is 43.9 Å². The van der Waals surface area contributed by atoms with E-state index in [9.17, 15) is 14.4 Å². The fourth-order valence-corrected chi connectivity index (χ4v) is 6.69. The van der Waals surface area contributed by atoms with Crippen LogP contribution in [0.1, 0.15) is 59.4 Å². The number of methoxy groups -OCH3 is 3. The zero-order valence-corrected chi connectivity index (χ0v) is 28.9. The first-order valence-corrected chi connectivity index (χ1v) is 16.0. The molecule has 0 spiro atoms. The summed E-state index contributed by atoms with van der Waals surface area (Å²) in [5.74, 6) is -0.622. The van der Waals surface area contributed by atoms with Crippen LogP contribution in [-0.2, 0) is 39.7 Å². The number of nitrogens with zero attached hydrogens (tertiary/aromatic N) is 1. The summed E-state index contributed by atoms with van der Waals surface area (Å²) in [7, 11) is 6.22. The zero-order valence-electron chi connectivity index (χ0n) is 28.2.